The van der Waals surface area contributed by atoms with E-state index in [1.807, 2.05) is 34.6 Å². The summed E-state index contributed by atoms with van der Waals surface area (Å²) in [6, 6.07) is 4.22. The number of nitrogens with two attached hydrogens (primary N) is 1. The molecule has 0 bridgehead atoms. The lowest BCUT2D eigenvalue weighted by atomic mass is 9.76. The number of carbonyl (C=O) groups excluding carboxylic acids is 2. The van der Waals surface area contributed by atoms with Gasteiger partial charge >= 0.3 is 6.09 Å². The zero-order valence-corrected chi connectivity index (χ0v) is 26.5. The Morgan fingerprint density at radius 1 is 1.19 bits per heavy atom. The first kappa shape index (κ1) is 32.4. The van der Waals surface area contributed by atoms with E-state index in [4.69, 9.17) is 15.2 Å². The standard InChI is InChI=1S/C31H46FN7O4/c1-8-39(21(4)5)28(40)23-15-22(32)9-10-25(23)42-27-26(34-19-35-36-27)37-14-13-31(16-37)17-38(18-31)24(20(2)3)11-12-30(6,7)43-29(33)41/h9-10,15,19-21,24H,8,11-14,16-18H2,1-7H3,(H2,33,41). The lowest BCUT2D eigenvalue weighted by Gasteiger charge is -2.53. The lowest BCUT2D eigenvalue weighted by Crippen LogP contribution is -2.62. The van der Waals surface area contributed by atoms with E-state index in [1.165, 1.54) is 24.5 Å². The number of hydrogen-bond donors (Lipinski definition) is 1. The molecule has 1 aromatic carbocycles. The highest BCUT2D eigenvalue weighted by molar-refractivity contribution is 5.97. The van der Waals surface area contributed by atoms with E-state index in [-0.39, 0.29) is 34.6 Å². The van der Waals surface area contributed by atoms with Crippen LogP contribution in [-0.2, 0) is 4.74 Å². The van der Waals surface area contributed by atoms with Gasteiger partial charge in [-0.1, -0.05) is 13.8 Å². The topological polar surface area (TPSA) is 127 Å². The zero-order valence-electron chi connectivity index (χ0n) is 26.5. The number of primary amides is 1. The fraction of sp³-hybridized carbons (Fsp3) is 0.645. The first-order valence-corrected chi connectivity index (χ1v) is 15.2. The van der Waals surface area contributed by atoms with Crippen LogP contribution in [0.4, 0.5) is 15.0 Å². The Balaban J connectivity index is 1.46. The number of nitrogens with zero attached hydrogens (tertiary/aromatic N) is 6. The van der Waals surface area contributed by atoms with Crippen LogP contribution in [0.1, 0.15) is 78.1 Å². The number of likely N-dealkylation sites (tertiary alicyclic amines) is 1. The van der Waals surface area contributed by atoms with Crippen LogP contribution >= 0.6 is 0 Å². The third kappa shape index (κ3) is 7.52. The molecule has 1 unspecified atom stereocenters. The molecular weight excluding hydrogens is 553 g/mol. The minimum atomic E-state index is -0.747. The molecule has 2 fully saturated rings. The van der Waals surface area contributed by atoms with Crippen LogP contribution in [0.5, 0.6) is 11.6 Å². The van der Waals surface area contributed by atoms with Gasteiger partial charge in [0, 0.05) is 50.2 Å². The molecule has 0 aliphatic carbocycles. The van der Waals surface area contributed by atoms with Gasteiger partial charge < -0.3 is 25.0 Å². The SMILES string of the molecule is CCN(C(=O)c1cc(F)ccc1Oc1nncnc1N1CCC2(C1)CN(C(CCC(C)(C)OC(N)=O)C(C)C)C2)C(C)C. The quantitative estimate of drug-likeness (QED) is 0.364. The Bertz CT molecular complexity index is 1300. The molecule has 12 heteroatoms. The first-order chi connectivity index (χ1) is 20.2. The fourth-order valence-electron chi connectivity index (χ4n) is 6.48. The third-order valence-corrected chi connectivity index (χ3v) is 8.65. The van der Waals surface area contributed by atoms with Gasteiger partial charge in [-0.3, -0.25) is 9.69 Å². The van der Waals surface area contributed by atoms with Crippen molar-refractivity contribution < 1.29 is 23.5 Å². The predicted octanol–water partition coefficient (Wildman–Crippen LogP) is 4.86. The van der Waals surface area contributed by atoms with Crippen molar-refractivity contribution >= 4 is 17.8 Å². The molecule has 1 spiro atoms. The van der Waals surface area contributed by atoms with Gasteiger partial charge in [-0.25, -0.2) is 14.2 Å². The summed E-state index contributed by atoms with van der Waals surface area (Å²) in [7, 11) is 0. The number of halogens is 1. The molecule has 2 saturated heterocycles. The average Bonchev–Trinajstić information content (AvgIpc) is 3.34. The summed E-state index contributed by atoms with van der Waals surface area (Å²) in [5, 5.41) is 8.16. The van der Waals surface area contributed by atoms with Crippen molar-refractivity contribution in [2.75, 3.05) is 37.6 Å². The summed E-state index contributed by atoms with van der Waals surface area (Å²) in [6.07, 6.45) is 3.26. The van der Waals surface area contributed by atoms with Gasteiger partial charge in [0.25, 0.3) is 11.8 Å². The minimum Gasteiger partial charge on any atom is -0.444 e. The number of rotatable bonds is 12. The molecule has 2 aromatic rings. The average molecular weight is 600 g/mol. The Labute approximate surface area is 253 Å². The lowest BCUT2D eigenvalue weighted by molar-refractivity contribution is -0.0426. The summed E-state index contributed by atoms with van der Waals surface area (Å²) in [6.45, 7) is 17.9. The molecule has 4 rings (SSSR count). The number of hydrogen-bond acceptors (Lipinski definition) is 9. The molecule has 43 heavy (non-hydrogen) atoms. The van der Waals surface area contributed by atoms with E-state index in [0.29, 0.717) is 24.3 Å². The van der Waals surface area contributed by atoms with Gasteiger partial charge in [-0.15, -0.1) is 10.2 Å². The summed E-state index contributed by atoms with van der Waals surface area (Å²) in [4.78, 5) is 35.5. The summed E-state index contributed by atoms with van der Waals surface area (Å²) in [5.74, 6) is 0.547. The van der Waals surface area contributed by atoms with Crippen molar-refractivity contribution in [2.45, 2.75) is 85.4 Å². The third-order valence-electron chi connectivity index (χ3n) is 8.65. The monoisotopic (exact) mass is 599 g/mol. The van der Waals surface area contributed by atoms with Crippen molar-refractivity contribution in [1.29, 1.82) is 0 Å². The smallest absolute Gasteiger partial charge is 0.405 e. The van der Waals surface area contributed by atoms with E-state index in [0.717, 1.165) is 45.4 Å². The number of carbonyl (C=O) groups is 2. The number of benzene rings is 1. The molecule has 0 saturated carbocycles. The van der Waals surface area contributed by atoms with Crippen molar-refractivity contribution in [3.05, 3.63) is 35.9 Å². The minimum absolute atomic E-state index is 0.0598. The molecular formula is C31H46FN7O4. The highest BCUT2D eigenvalue weighted by Gasteiger charge is 2.50. The zero-order chi connectivity index (χ0) is 31.5. The molecule has 1 aromatic heterocycles. The molecule has 1 atom stereocenters. The highest BCUT2D eigenvalue weighted by Crippen LogP contribution is 2.45. The normalized spacial score (nSPS) is 17.3. The molecule has 0 radical (unpaired) electrons. The van der Waals surface area contributed by atoms with E-state index in [2.05, 4.69) is 38.8 Å². The molecule has 2 aliphatic rings. The van der Waals surface area contributed by atoms with Gasteiger partial charge in [0.2, 0.25) is 0 Å². The molecule has 2 aliphatic heterocycles. The van der Waals surface area contributed by atoms with Crippen molar-refractivity contribution in [2.24, 2.45) is 17.1 Å². The Hall–Kier alpha value is -3.54. The Morgan fingerprint density at radius 3 is 2.53 bits per heavy atom. The summed E-state index contributed by atoms with van der Waals surface area (Å²) < 4.78 is 25.7. The van der Waals surface area contributed by atoms with Gasteiger partial charge in [-0.05, 0) is 78.0 Å². The second kappa shape index (κ2) is 13.0. The molecule has 2 N–H and O–H groups in total. The molecule has 236 valence electrons. The van der Waals surface area contributed by atoms with Crippen LogP contribution in [0.3, 0.4) is 0 Å². The van der Waals surface area contributed by atoms with E-state index in [1.54, 1.807) is 4.90 Å². The predicted molar refractivity (Wildman–Crippen MR) is 162 cm³/mol. The van der Waals surface area contributed by atoms with Gasteiger partial charge in [0.15, 0.2) is 5.82 Å². The number of amides is 2. The van der Waals surface area contributed by atoms with Gasteiger partial charge in [-0.2, -0.15) is 0 Å². The maximum Gasteiger partial charge on any atom is 0.405 e. The van der Waals surface area contributed by atoms with Crippen LogP contribution in [0.25, 0.3) is 0 Å². The van der Waals surface area contributed by atoms with E-state index >= 15 is 0 Å². The van der Waals surface area contributed by atoms with Crippen LogP contribution in [0, 0.1) is 17.2 Å². The molecule has 2 amide bonds. The van der Waals surface area contributed by atoms with Gasteiger partial charge in [0.1, 0.15) is 23.5 Å². The maximum atomic E-state index is 14.3. The first-order valence-electron chi connectivity index (χ1n) is 15.2. The highest BCUT2D eigenvalue weighted by atomic mass is 19.1. The van der Waals surface area contributed by atoms with Crippen molar-refractivity contribution in [3.8, 4) is 11.6 Å². The summed E-state index contributed by atoms with van der Waals surface area (Å²) >= 11 is 0. The van der Waals surface area contributed by atoms with Gasteiger partial charge in [0.05, 0.1) is 5.56 Å². The summed E-state index contributed by atoms with van der Waals surface area (Å²) in [5.41, 5.74) is 4.89. The van der Waals surface area contributed by atoms with Crippen LogP contribution in [-0.4, -0.2) is 87.4 Å². The van der Waals surface area contributed by atoms with Crippen LogP contribution in [0.15, 0.2) is 24.5 Å². The van der Waals surface area contributed by atoms with Crippen molar-refractivity contribution in [3.63, 3.8) is 0 Å². The number of anilines is 1. The van der Waals surface area contributed by atoms with Crippen LogP contribution in [0.2, 0.25) is 0 Å². The van der Waals surface area contributed by atoms with E-state index in [9.17, 15) is 14.0 Å². The Kier molecular flexibility index (Phi) is 9.78. The van der Waals surface area contributed by atoms with Crippen molar-refractivity contribution in [1.82, 2.24) is 25.0 Å². The second-order valence-corrected chi connectivity index (χ2v) is 13.1. The van der Waals surface area contributed by atoms with E-state index < -0.39 is 17.5 Å². The molecule has 11 nitrogen and oxygen atoms in total. The maximum absolute atomic E-state index is 14.3. The second-order valence-electron chi connectivity index (χ2n) is 13.1. The van der Waals surface area contributed by atoms with Crippen LogP contribution < -0.4 is 15.4 Å². The molecule has 3 heterocycles. The number of aromatic nitrogens is 3. The fourth-order valence-corrected chi connectivity index (χ4v) is 6.48. The number of ether oxygens (including phenoxy) is 2. The Morgan fingerprint density at radius 2 is 1.91 bits per heavy atom. The largest absolute Gasteiger partial charge is 0.444 e.